The number of carbonyl (C=O) groups excluding carboxylic acids is 1. The largest absolute Gasteiger partial charge is 0.380 e. The summed E-state index contributed by atoms with van der Waals surface area (Å²) in [5, 5.41) is 4.07. The Hall–Kier alpha value is -2.29. The number of piperazine rings is 1. The number of benzene rings is 1. The maximum absolute atomic E-state index is 12.3. The molecule has 2 N–H and O–H groups in total. The summed E-state index contributed by atoms with van der Waals surface area (Å²) in [4.78, 5) is 20.9. The Labute approximate surface area is 159 Å². The lowest BCUT2D eigenvalue weighted by atomic mass is 10.1. The predicted octanol–water partition coefficient (Wildman–Crippen LogP) is 1.05. The Morgan fingerprint density at radius 1 is 1.26 bits per heavy atom. The van der Waals surface area contributed by atoms with Crippen LogP contribution in [0.3, 0.4) is 0 Å². The summed E-state index contributed by atoms with van der Waals surface area (Å²) in [5.74, 6) is 1.28. The first-order valence-corrected chi connectivity index (χ1v) is 9.21. The highest BCUT2D eigenvalue weighted by Gasteiger charge is 2.24. The van der Waals surface area contributed by atoms with E-state index in [2.05, 4.69) is 15.0 Å². The summed E-state index contributed by atoms with van der Waals surface area (Å²) in [5.41, 5.74) is 7.73. The van der Waals surface area contributed by atoms with Gasteiger partial charge in [-0.2, -0.15) is 4.98 Å². The van der Waals surface area contributed by atoms with Crippen LogP contribution in [-0.2, 0) is 16.1 Å². The van der Waals surface area contributed by atoms with Crippen molar-refractivity contribution in [1.82, 2.24) is 19.9 Å². The number of nitrogens with zero attached hydrogens (tertiary/aromatic N) is 4. The van der Waals surface area contributed by atoms with E-state index in [9.17, 15) is 4.79 Å². The Bertz CT molecular complexity index is 734. The van der Waals surface area contributed by atoms with Gasteiger partial charge in [0, 0.05) is 45.4 Å². The molecule has 27 heavy (non-hydrogen) atoms. The fraction of sp³-hybridized carbons (Fsp3) is 0.526. The van der Waals surface area contributed by atoms with Crippen molar-refractivity contribution in [1.29, 1.82) is 0 Å². The molecule has 1 aliphatic heterocycles. The molecule has 1 amide bonds. The molecule has 0 bridgehead atoms. The normalized spacial score (nSPS) is 16.5. The molecule has 0 saturated carbocycles. The third-order valence-corrected chi connectivity index (χ3v) is 4.86. The summed E-state index contributed by atoms with van der Waals surface area (Å²) >= 11 is 0. The molecule has 1 saturated heterocycles. The number of hydrogen-bond donors (Lipinski definition) is 1. The zero-order chi connectivity index (χ0) is 19.2. The third-order valence-electron chi connectivity index (χ3n) is 4.86. The average Bonchev–Trinajstić information content (AvgIpc) is 3.15. The molecule has 0 radical (unpaired) electrons. The number of ether oxygens (including phenoxy) is 1. The molecule has 0 spiro atoms. The lowest BCUT2D eigenvalue weighted by Crippen LogP contribution is -2.49. The highest BCUT2D eigenvalue weighted by molar-refractivity contribution is 5.76. The summed E-state index contributed by atoms with van der Waals surface area (Å²) in [6.07, 6.45) is 0.116. The molecule has 1 atom stereocenters. The topological polar surface area (TPSA) is 97.7 Å². The van der Waals surface area contributed by atoms with Gasteiger partial charge in [-0.1, -0.05) is 35.0 Å². The average molecular weight is 373 g/mol. The zero-order valence-corrected chi connectivity index (χ0v) is 15.9. The molecule has 1 aromatic carbocycles. The number of aryl methyl sites for hydroxylation is 1. The number of nitrogens with two attached hydrogens (primary N) is 1. The van der Waals surface area contributed by atoms with Crippen molar-refractivity contribution in [3.63, 3.8) is 0 Å². The first-order chi connectivity index (χ1) is 13.1. The summed E-state index contributed by atoms with van der Waals surface area (Å²) < 4.78 is 10.6. The van der Waals surface area contributed by atoms with Gasteiger partial charge in [0.05, 0.1) is 19.1 Å². The van der Waals surface area contributed by atoms with E-state index in [1.165, 1.54) is 5.56 Å². The zero-order valence-electron chi connectivity index (χ0n) is 15.9. The van der Waals surface area contributed by atoms with E-state index in [1.807, 2.05) is 36.1 Å². The first-order valence-electron chi connectivity index (χ1n) is 9.21. The molecule has 1 fully saturated rings. The molecule has 1 aromatic heterocycles. The van der Waals surface area contributed by atoms with Crippen LogP contribution in [0.15, 0.2) is 28.8 Å². The van der Waals surface area contributed by atoms with Gasteiger partial charge in [-0.05, 0) is 6.92 Å². The van der Waals surface area contributed by atoms with E-state index >= 15 is 0 Å². The van der Waals surface area contributed by atoms with Crippen LogP contribution in [0.5, 0.6) is 0 Å². The molecule has 1 unspecified atom stereocenters. The van der Waals surface area contributed by atoms with Gasteiger partial charge in [0.25, 0.3) is 0 Å². The first kappa shape index (κ1) is 19.5. The van der Waals surface area contributed by atoms with Crippen molar-refractivity contribution in [2.24, 2.45) is 5.73 Å². The number of methoxy groups -OCH3 is 1. The molecule has 2 heterocycles. The number of aromatic nitrogens is 2. The van der Waals surface area contributed by atoms with Gasteiger partial charge in [-0.15, -0.1) is 0 Å². The Morgan fingerprint density at radius 3 is 2.59 bits per heavy atom. The van der Waals surface area contributed by atoms with Gasteiger partial charge in [-0.3, -0.25) is 9.69 Å². The second-order valence-electron chi connectivity index (χ2n) is 6.83. The lowest BCUT2D eigenvalue weighted by molar-refractivity contribution is -0.135. The molecule has 8 nitrogen and oxygen atoms in total. The van der Waals surface area contributed by atoms with Crippen LogP contribution in [0.1, 0.15) is 17.9 Å². The highest BCUT2D eigenvalue weighted by Crippen LogP contribution is 2.17. The quantitative estimate of drug-likeness (QED) is 0.775. The summed E-state index contributed by atoms with van der Waals surface area (Å²) in [6.45, 7) is 5.88. The van der Waals surface area contributed by atoms with Crippen molar-refractivity contribution < 1.29 is 14.1 Å². The number of hydrogen-bond acceptors (Lipinski definition) is 7. The smallest absolute Gasteiger partial charge is 0.241 e. The SMILES string of the molecule is COC(CN)CC(=O)N1CCN(Cc2nc(-c3ccc(C)cc3)no2)CC1. The van der Waals surface area contributed by atoms with E-state index in [1.54, 1.807) is 7.11 Å². The van der Waals surface area contributed by atoms with Crippen molar-refractivity contribution in [3.05, 3.63) is 35.7 Å². The molecule has 146 valence electrons. The van der Waals surface area contributed by atoms with Gasteiger partial charge in [0.1, 0.15) is 0 Å². The standard InChI is InChI=1S/C19H27N5O3/c1-14-3-5-15(6-4-14)19-21-17(27-22-19)13-23-7-9-24(10-8-23)18(25)11-16(12-20)26-2/h3-6,16H,7-13,20H2,1-2H3. The van der Waals surface area contributed by atoms with E-state index in [-0.39, 0.29) is 12.0 Å². The fourth-order valence-electron chi connectivity index (χ4n) is 3.07. The minimum atomic E-state index is -0.214. The van der Waals surface area contributed by atoms with Crippen LogP contribution in [0.4, 0.5) is 0 Å². The maximum atomic E-state index is 12.3. The van der Waals surface area contributed by atoms with E-state index in [4.69, 9.17) is 15.0 Å². The Morgan fingerprint density at radius 2 is 1.96 bits per heavy atom. The number of carbonyl (C=O) groups is 1. The van der Waals surface area contributed by atoms with Crippen molar-refractivity contribution in [2.45, 2.75) is 26.0 Å². The maximum Gasteiger partial charge on any atom is 0.241 e. The molecule has 2 aromatic rings. The van der Waals surface area contributed by atoms with Crippen LogP contribution in [-0.4, -0.2) is 71.8 Å². The van der Waals surface area contributed by atoms with Gasteiger partial charge in [0.15, 0.2) is 0 Å². The second-order valence-corrected chi connectivity index (χ2v) is 6.83. The van der Waals surface area contributed by atoms with Crippen LogP contribution in [0, 0.1) is 6.92 Å². The third kappa shape index (κ3) is 5.12. The lowest BCUT2D eigenvalue weighted by Gasteiger charge is -2.34. The minimum Gasteiger partial charge on any atom is -0.380 e. The van der Waals surface area contributed by atoms with Crippen molar-refractivity contribution in [2.75, 3.05) is 39.8 Å². The summed E-state index contributed by atoms with van der Waals surface area (Å²) in [7, 11) is 1.58. The van der Waals surface area contributed by atoms with Gasteiger partial charge < -0.3 is 19.9 Å². The molecular weight excluding hydrogens is 346 g/mol. The van der Waals surface area contributed by atoms with Gasteiger partial charge >= 0.3 is 0 Å². The highest BCUT2D eigenvalue weighted by atomic mass is 16.5. The van der Waals surface area contributed by atoms with E-state index in [0.717, 1.165) is 18.7 Å². The molecule has 0 aliphatic carbocycles. The fourth-order valence-corrected chi connectivity index (χ4v) is 3.07. The minimum absolute atomic E-state index is 0.0893. The number of rotatable bonds is 7. The van der Waals surface area contributed by atoms with Crippen molar-refractivity contribution >= 4 is 5.91 Å². The monoisotopic (exact) mass is 373 g/mol. The predicted molar refractivity (Wildman–Crippen MR) is 101 cm³/mol. The van der Waals surface area contributed by atoms with Gasteiger partial charge in [0.2, 0.25) is 17.6 Å². The number of amides is 1. The Balaban J connectivity index is 1.49. The molecule has 3 rings (SSSR count). The molecular formula is C19H27N5O3. The van der Waals surface area contributed by atoms with Crippen LogP contribution in [0.2, 0.25) is 0 Å². The van der Waals surface area contributed by atoms with Crippen LogP contribution < -0.4 is 5.73 Å². The van der Waals surface area contributed by atoms with Crippen molar-refractivity contribution in [3.8, 4) is 11.4 Å². The van der Waals surface area contributed by atoms with E-state index in [0.29, 0.717) is 44.3 Å². The van der Waals surface area contributed by atoms with Gasteiger partial charge in [-0.25, -0.2) is 0 Å². The molecule has 8 heteroatoms. The second kappa shape index (κ2) is 9.07. The molecule has 1 aliphatic rings. The van der Waals surface area contributed by atoms with Crippen LogP contribution in [0.25, 0.3) is 11.4 Å². The van der Waals surface area contributed by atoms with Crippen LogP contribution >= 0.6 is 0 Å². The summed E-state index contributed by atoms with van der Waals surface area (Å²) in [6, 6.07) is 8.03. The van der Waals surface area contributed by atoms with E-state index < -0.39 is 0 Å². The Kier molecular flexibility index (Phi) is 6.54.